The minimum atomic E-state index is -4.33. The summed E-state index contributed by atoms with van der Waals surface area (Å²) in [6, 6.07) is 7.50. The van der Waals surface area contributed by atoms with E-state index in [9.17, 15) is 14.2 Å². The fraction of sp³-hybridized carbons (Fsp3) is 0.581. The molecule has 0 amide bonds. The van der Waals surface area contributed by atoms with Crippen LogP contribution in [-0.4, -0.2) is 65.1 Å². The number of carbonyl (C=O) groups excluding carboxylic acids is 2. The molecule has 2 fully saturated rings. The van der Waals surface area contributed by atoms with E-state index < -0.39 is 26.5 Å². The van der Waals surface area contributed by atoms with Gasteiger partial charge < -0.3 is 29.2 Å². The predicted molar refractivity (Wildman–Crippen MR) is 175 cm³/mol. The van der Waals surface area contributed by atoms with Gasteiger partial charge in [0.1, 0.15) is 16.3 Å². The van der Waals surface area contributed by atoms with Crippen molar-refractivity contribution in [3.05, 3.63) is 30.6 Å². The minimum Gasteiger partial charge on any atom is -0.497 e. The average molecular weight is 724 g/mol. The Kier molecular flexibility index (Phi) is 14.0. The SMILES string of the molecule is COc1ccc(Sc2nc(N)nc3c2ncn3CCOCP(=O)(OOC(OC=O)C2CCCCC2)OOC(OC=O)C2CCCCC2)cc1. The Bertz CT molecular complexity index is 1500. The smallest absolute Gasteiger partial charge is 0.409 e. The fourth-order valence-corrected chi connectivity index (χ4v) is 7.65. The van der Waals surface area contributed by atoms with Crippen molar-refractivity contribution in [3.8, 4) is 5.75 Å². The van der Waals surface area contributed by atoms with Gasteiger partial charge in [-0.2, -0.15) is 14.8 Å². The zero-order valence-corrected chi connectivity index (χ0v) is 29.0. The van der Waals surface area contributed by atoms with Crippen molar-refractivity contribution in [2.24, 2.45) is 11.8 Å². The van der Waals surface area contributed by atoms with Crippen molar-refractivity contribution in [2.75, 3.05) is 25.8 Å². The Balaban J connectivity index is 1.24. The molecule has 2 aliphatic carbocycles. The molecule has 0 saturated heterocycles. The zero-order valence-electron chi connectivity index (χ0n) is 27.3. The van der Waals surface area contributed by atoms with Gasteiger partial charge >= 0.3 is 7.60 Å². The van der Waals surface area contributed by atoms with Crippen molar-refractivity contribution in [1.29, 1.82) is 0 Å². The summed E-state index contributed by atoms with van der Waals surface area (Å²) in [5.41, 5.74) is 7.07. The number of aromatic nitrogens is 4. The quantitative estimate of drug-likeness (QED) is 0.0279. The molecule has 2 unspecified atom stereocenters. The van der Waals surface area contributed by atoms with Crippen LogP contribution in [0.3, 0.4) is 0 Å². The van der Waals surface area contributed by atoms with E-state index in [1.54, 1.807) is 18.0 Å². The third-order valence-electron chi connectivity index (χ3n) is 8.40. The summed E-state index contributed by atoms with van der Waals surface area (Å²) in [6.45, 7) is 0.760. The molecule has 0 bridgehead atoms. The molecule has 1 aromatic carbocycles. The molecule has 0 aliphatic heterocycles. The second kappa shape index (κ2) is 18.6. The van der Waals surface area contributed by atoms with Crippen molar-refractivity contribution in [3.63, 3.8) is 0 Å². The summed E-state index contributed by atoms with van der Waals surface area (Å²) in [4.78, 5) is 47.4. The lowest BCUT2D eigenvalue weighted by atomic mass is 9.89. The van der Waals surface area contributed by atoms with Crippen molar-refractivity contribution < 1.29 is 52.2 Å². The topological polar surface area (TPSA) is 195 Å². The highest BCUT2D eigenvalue weighted by Gasteiger charge is 2.37. The van der Waals surface area contributed by atoms with Gasteiger partial charge in [-0.15, -0.1) is 9.35 Å². The number of methoxy groups -OCH3 is 1. The van der Waals surface area contributed by atoms with Gasteiger partial charge in [0.25, 0.3) is 12.9 Å². The van der Waals surface area contributed by atoms with Gasteiger partial charge in [0, 0.05) is 23.3 Å². The van der Waals surface area contributed by atoms with E-state index in [1.165, 1.54) is 11.8 Å². The molecule has 2 aliphatic rings. The molecular formula is C31H42N5O11PS. The third-order valence-corrected chi connectivity index (χ3v) is 10.5. The number of imidazole rings is 1. The van der Waals surface area contributed by atoms with Gasteiger partial charge in [0.15, 0.2) is 12.0 Å². The van der Waals surface area contributed by atoms with E-state index in [0.717, 1.165) is 74.9 Å². The van der Waals surface area contributed by atoms with Crippen LogP contribution < -0.4 is 10.5 Å². The molecule has 5 rings (SSSR count). The van der Waals surface area contributed by atoms with Crippen LogP contribution in [0.5, 0.6) is 5.75 Å². The van der Waals surface area contributed by atoms with Gasteiger partial charge in [0.2, 0.25) is 18.5 Å². The Morgan fingerprint density at radius 2 is 1.51 bits per heavy atom. The first kappa shape index (κ1) is 37.0. The van der Waals surface area contributed by atoms with Crippen LogP contribution in [0.15, 0.2) is 40.5 Å². The number of hydrogen-bond donors (Lipinski definition) is 1. The molecule has 2 aromatic heterocycles. The van der Waals surface area contributed by atoms with E-state index in [4.69, 9.17) is 43.8 Å². The lowest BCUT2D eigenvalue weighted by Crippen LogP contribution is -2.30. The zero-order chi connectivity index (χ0) is 34.5. The first-order valence-corrected chi connectivity index (χ1v) is 18.8. The Hall–Kier alpha value is -3.31. The summed E-state index contributed by atoms with van der Waals surface area (Å²) in [5.74, 6) is 0.497. The normalized spacial score (nSPS) is 18.4. The van der Waals surface area contributed by atoms with Gasteiger partial charge in [0.05, 0.1) is 20.0 Å². The summed E-state index contributed by atoms with van der Waals surface area (Å²) in [6.07, 6.45) is 7.56. The lowest BCUT2D eigenvalue weighted by molar-refractivity contribution is -0.364. The van der Waals surface area contributed by atoms with Gasteiger partial charge in [-0.3, -0.25) is 14.2 Å². The van der Waals surface area contributed by atoms with Crippen molar-refractivity contribution in [2.45, 2.75) is 93.3 Å². The molecular weight excluding hydrogens is 681 g/mol. The predicted octanol–water partition coefficient (Wildman–Crippen LogP) is 5.79. The average Bonchev–Trinajstić information content (AvgIpc) is 3.54. The number of fused-ring (bicyclic) bond motifs is 1. The number of benzene rings is 1. The molecule has 49 heavy (non-hydrogen) atoms. The molecule has 2 heterocycles. The standard InChI is InChI=1S/C31H42N5O11PS/c1-40-24-12-14-25(15-13-24)49-28-26-27(34-31(32)35-28)36(18-33-26)16-17-41-21-48(39,46-44-29(42-19-37)22-8-4-2-5-9-22)47-45-30(43-20-38)23-10-6-3-7-11-23/h12-15,18-20,22-23,29-30H,2-11,16-17,21H2,1H3,(H2,32,34,35). The maximum Gasteiger partial charge on any atom is 0.409 e. The molecule has 18 heteroatoms. The monoisotopic (exact) mass is 723 g/mol. The Morgan fingerprint density at radius 3 is 2.06 bits per heavy atom. The van der Waals surface area contributed by atoms with E-state index >= 15 is 0 Å². The number of carbonyl (C=O) groups is 2. The molecule has 16 nitrogen and oxygen atoms in total. The Morgan fingerprint density at radius 1 is 0.918 bits per heavy atom. The fourth-order valence-electron chi connectivity index (χ4n) is 5.88. The number of anilines is 1. The molecule has 0 spiro atoms. The van der Waals surface area contributed by atoms with Gasteiger partial charge in [-0.05, 0) is 49.9 Å². The molecule has 3 aromatic rings. The number of nitrogen functional groups attached to an aromatic ring is 1. The van der Waals surface area contributed by atoms with E-state index in [1.807, 2.05) is 24.3 Å². The summed E-state index contributed by atoms with van der Waals surface area (Å²) in [5, 5.41) is 0.572. The van der Waals surface area contributed by atoms with Crippen molar-refractivity contribution >= 4 is 49.4 Å². The maximum absolute atomic E-state index is 13.9. The van der Waals surface area contributed by atoms with Crippen LogP contribution in [-0.2, 0) is 54.0 Å². The van der Waals surface area contributed by atoms with Crippen molar-refractivity contribution in [1.82, 2.24) is 19.5 Å². The molecule has 2 atom stereocenters. The van der Waals surface area contributed by atoms with Crippen LogP contribution in [0.25, 0.3) is 11.2 Å². The second-order valence-corrected chi connectivity index (χ2v) is 14.6. The molecule has 268 valence electrons. The van der Waals surface area contributed by atoms with Crippen LogP contribution in [0, 0.1) is 11.8 Å². The summed E-state index contributed by atoms with van der Waals surface area (Å²) >= 11 is 1.38. The second-order valence-electron chi connectivity index (χ2n) is 11.8. The van der Waals surface area contributed by atoms with Gasteiger partial charge in [-0.25, -0.2) is 9.97 Å². The first-order valence-electron chi connectivity index (χ1n) is 16.3. The number of ether oxygens (including phenoxy) is 4. The highest BCUT2D eigenvalue weighted by molar-refractivity contribution is 7.99. The highest BCUT2D eigenvalue weighted by atomic mass is 32.2. The number of hydrogen-bond acceptors (Lipinski definition) is 16. The minimum absolute atomic E-state index is 0.0147. The van der Waals surface area contributed by atoms with E-state index in [2.05, 4.69) is 15.0 Å². The third kappa shape index (κ3) is 10.6. The first-order chi connectivity index (χ1) is 23.9. The number of nitrogens with two attached hydrogens (primary N) is 1. The van der Waals surface area contributed by atoms with Crippen LogP contribution in [0.2, 0.25) is 0 Å². The van der Waals surface area contributed by atoms with Crippen LogP contribution in [0.4, 0.5) is 5.95 Å². The maximum atomic E-state index is 13.9. The lowest BCUT2D eigenvalue weighted by Gasteiger charge is -2.30. The summed E-state index contributed by atoms with van der Waals surface area (Å²) < 4.78 is 47.5. The molecule has 0 radical (unpaired) electrons. The van der Waals surface area contributed by atoms with Crippen LogP contribution >= 0.6 is 19.4 Å². The van der Waals surface area contributed by atoms with E-state index in [0.29, 0.717) is 16.2 Å². The van der Waals surface area contributed by atoms with E-state index in [-0.39, 0.29) is 43.9 Å². The highest BCUT2D eigenvalue weighted by Crippen LogP contribution is 2.50. The van der Waals surface area contributed by atoms with Gasteiger partial charge in [-0.1, -0.05) is 50.3 Å². The summed E-state index contributed by atoms with van der Waals surface area (Å²) in [7, 11) is -2.73. The largest absolute Gasteiger partial charge is 0.497 e. The number of nitrogens with zero attached hydrogens (tertiary/aromatic N) is 4. The number of rotatable bonds is 20. The molecule has 2 saturated carbocycles. The molecule has 2 N–H and O–H groups in total. The van der Waals surface area contributed by atoms with Crippen LogP contribution in [0.1, 0.15) is 64.2 Å². The Labute approximate surface area is 288 Å².